The molecule has 1 amide bonds. The molecule has 0 aromatic carbocycles. The topological polar surface area (TPSA) is 72.7 Å². The molecule has 0 aliphatic carbocycles. The number of anilines is 1. The Kier molecular flexibility index (Phi) is 7.28. The molecule has 0 fully saturated rings. The third-order valence-electron chi connectivity index (χ3n) is 4.15. The van der Waals surface area contributed by atoms with Crippen LogP contribution in [0.25, 0.3) is 17.1 Å². The van der Waals surface area contributed by atoms with E-state index in [4.69, 9.17) is 11.6 Å². The van der Waals surface area contributed by atoms with Crippen LogP contribution in [0.3, 0.4) is 0 Å². The van der Waals surface area contributed by atoms with Gasteiger partial charge >= 0.3 is 0 Å². The number of amides is 1. The van der Waals surface area contributed by atoms with Crippen molar-refractivity contribution in [2.75, 3.05) is 5.32 Å². The zero-order valence-electron chi connectivity index (χ0n) is 17.0. The zero-order valence-corrected chi connectivity index (χ0v) is 18.9. The van der Waals surface area contributed by atoms with Gasteiger partial charge in [-0.1, -0.05) is 39.6 Å². The van der Waals surface area contributed by atoms with E-state index in [1.54, 1.807) is 43.5 Å². The Hall–Kier alpha value is -3.22. The molecule has 6 nitrogen and oxygen atoms in total. The minimum absolute atomic E-state index is 0.161. The molecule has 0 saturated heterocycles. The van der Waals surface area contributed by atoms with Gasteiger partial charge in [0.1, 0.15) is 5.69 Å². The highest BCUT2D eigenvalue weighted by Crippen LogP contribution is 2.37. The first-order chi connectivity index (χ1) is 15.2. The molecule has 0 bridgehead atoms. The largest absolute Gasteiger partial charge is 0.321 e. The third-order valence-corrected chi connectivity index (χ3v) is 4.56. The minimum Gasteiger partial charge on any atom is -0.321 e. The van der Waals surface area contributed by atoms with Crippen LogP contribution in [0.15, 0.2) is 84.3 Å². The van der Waals surface area contributed by atoms with Crippen LogP contribution in [0.5, 0.6) is 0 Å². The summed E-state index contributed by atoms with van der Waals surface area (Å²) in [5.74, 6) is -0.261. The van der Waals surface area contributed by atoms with Crippen LogP contribution in [0, 0.1) is 0 Å². The van der Waals surface area contributed by atoms with Crippen LogP contribution in [-0.4, -0.2) is 25.7 Å². The van der Waals surface area contributed by atoms with Gasteiger partial charge in [-0.15, -0.1) is 0 Å². The number of carbonyl (C=O) groups is 1. The molecule has 3 aromatic heterocycles. The van der Waals surface area contributed by atoms with Gasteiger partial charge in [-0.3, -0.25) is 9.78 Å². The molecular formula is C22H19ClF2N5OP. The fourth-order valence-electron chi connectivity index (χ4n) is 2.77. The van der Waals surface area contributed by atoms with Crippen molar-refractivity contribution in [2.45, 2.75) is 12.6 Å². The number of hydrogen-bond acceptors (Lipinski definition) is 4. The first-order valence-electron chi connectivity index (χ1n) is 9.33. The van der Waals surface area contributed by atoms with E-state index in [1.165, 1.54) is 39.8 Å². The fraction of sp³-hybridized carbons (Fsp3) is 0.0909. The minimum atomic E-state index is -3.24. The Morgan fingerprint density at radius 3 is 2.66 bits per heavy atom. The summed E-state index contributed by atoms with van der Waals surface area (Å²) < 4.78 is 29.5. The number of pyridine rings is 2. The summed E-state index contributed by atoms with van der Waals surface area (Å²) in [5, 5.41) is 7.16. The summed E-state index contributed by atoms with van der Waals surface area (Å²) in [6.07, 6.45) is 9.17. The number of nitrogens with one attached hydrogen (secondary N) is 1. The molecule has 0 spiro atoms. The normalized spacial score (nSPS) is 12.2. The molecule has 3 aromatic rings. The van der Waals surface area contributed by atoms with Gasteiger partial charge in [0.05, 0.1) is 17.6 Å². The van der Waals surface area contributed by atoms with Gasteiger partial charge in [0.15, 0.2) is 5.82 Å². The summed E-state index contributed by atoms with van der Waals surface area (Å²) in [5.41, 5.74) is -2.00. The van der Waals surface area contributed by atoms with E-state index in [0.29, 0.717) is 22.5 Å². The van der Waals surface area contributed by atoms with Crippen LogP contribution in [0.1, 0.15) is 12.6 Å². The van der Waals surface area contributed by atoms with Crippen molar-refractivity contribution in [3.63, 3.8) is 0 Å². The van der Waals surface area contributed by atoms with Crippen molar-refractivity contribution < 1.29 is 13.6 Å². The van der Waals surface area contributed by atoms with Crippen molar-refractivity contribution in [1.82, 2.24) is 19.7 Å². The van der Waals surface area contributed by atoms with Gasteiger partial charge in [0.25, 0.3) is 11.6 Å². The quantitative estimate of drug-likeness (QED) is 0.281. The average molecular weight is 474 g/mol. The molecule has 3 rings (SSSR count). The van der Waals surface area contributed by atoms with E-state index in [2.05, 4.69) is 27.0 Å². The maximum absolute atomic E-state index is 14.2. The number of nitrogens with zero attached hydrogens (tertiary/aromatic N) is 4. The smallest absolute Gasteiger partial charge is 0.300 e. The first kappa shape index (κ1) is 23.4. The molecular weight excluding hydrogens is 455 g/mol. The fourth-order valence-corrected chi connectivity index (χ4v) is 3.10. The predicted octanol–water partition coefficient (Wildman–Crippen LogP) is 5.45. The van der Waals surface area contributed by atoms with Crippen molar-refractivity contribution in [2.24, 2.45) is 0 Å². The Bertz CT molecular complexity index is 1190. The van der Waals surface area contributed by atoms with Gasteiger partial charge in [-0.25, -0.2) is 9.67 Å². The molecule has 0 radical (unpaired) electrons. The molecule has 1 unspecified atom stereocenters. The van der Waals surface area contributed by atoms with Gasteiger partial charge in [-0.2, -0.15) is 13.9 Å². The number of allylic oxidation sites excluding steroid dienone is 3. The van der Waals surface area contributed by atoms with Crippen molar-refractivity contribution in [3.8, 4) is 17.1 Å². The Morgan fingerprint density at radius 2 is 2.09 bits per heavy atom. The summed E-state index contributed by atoms with van der Waals surface area (Å²) in [4.78, 5) is 20.6. The molecule has 0 aliphatic heterocycles. The molecule has 3 heterocycles. The van der Waals surface area contributed by atoms with Crippen molar-refractivity contribution in [3.05, 3.63) is 90.0 Å². The number of hydrogen-bond donors (Lipinski definition) is 1. The monoisotopic (exact) mass is 473 g/mol. The molecule has 0 aliphatic rings. The average Bonchev–Trinajstić information content (AvgIpc) is 3.20. The highest BCUT2D eigenvalue weighted by atomic mass is 35.5. The number of alkyl halides is 2. The molecule has 1 N–H and O–H groups in total. The summed E-state index contributed by atoms with van der Waals surface area (Å²) in [7, 11) is 1.50. The predicted molar refractivity (Wildman–Crippen MR) is 125 cm³/mol. The first-order valence-corrected chi connectivity index (χ1v) is 10.3. The molecule has 10 heteroatoms. The molecule has 164 valence electrons. The summed E-state index contributed by atoms with van der Waals surface area (Å²) in [6, 6.07) is 7.73. The lowest BCUT2D eigenvalue weighted by atomic mass is 10.2. The van der Waals surface area contributed by atoms with Crippen molar-refractivity contribution in [1.29, 1.82) is 0 Å². The number of halogens is 3. The van der Waals surface area contributed by atoms with E-state index in [9.17, 15) is 13.6 Å². The number of rotatable bonds is 7. The van der Waals surface area contributed by atoms with Crippen LogP contribution in [0.2, 0.25) is 0 Å². The zero-order chi connectivity index (χ0) is 23.3. The lowest BCUT2D eigenvalue weighted by molar-refractivity contribution is -0.112. The molecule has 1 atom stereocenters. The SMILES string of the molecule is C=C(Cl)/C=C(\C=C/C)C(=O)Nc1ccc(-n2nc(-c3cccnc3)cc2C(F)(F)P)nc1. The number of carbonyl (C=O) groups excluding carboxylic acids is 1. The second kappa shape index (κ2) is 9.94. The van der Waals surface area contributed by atoms with E-state index in [1.807, 2.05) is 0 Å². The van der Waals surface area contributed by atoms with Crippen LogP contribution >= 0.6 is 20.8 Å². The second-order valence-electron chi connectivity index (χ2n) is 6.60. The lowest BCUT2D eigenvalue weighted by Gasteiger charge is -2.13. The van der Waals surface area contributed by atoms with Crippen LogP contribution in [-0.2, 0) is 10.5 Å². The van der Waals surface area contributed by atoms with Crippen LogP contribution in [0.4, 0.5) is 14.5 Å². The van der Waals surface area contributed by atoms with Gasteiger partial charge in [-0.05, 0) is 43.3 Å². The standard InChI is InChI=1S/C22H19ClF2N5OP/c1-3-5-15(10-14(2)23)21(31)28-17-7-8-20(27-13-17)30-19(22(24,25)32)11-18(29-30)16-6-4-9-26-12-16/h3-13H,2,32H2,1H3,(H,28,31)/b5-3-,15-10+. The molecule has 32 heavy (non-hydrogen) atoms. The van der Waals surface area contributed by atoms with Crippen molar-refractivity contribution >= 4 is 32.4 Å². The van der Waals surface area contributed by atoms with E-state index >= 15 is 0 Å². The number of aromatic nitrogens is 4. The van der Waals surface area contributed by atoms with E-state index in [-0.39, 0.29) is 16.5 Å². The Labute approximate surface area is 190 Å². The lowest BCUT2D eigenvalue weighted by Crippen LogP contribution is -2.15. The Balaban J connectivity index is 1.91. The van der Waals surface area contributed by atoms with Crippen LogP contribution < -0.4 is 5.32 Å². The van der Waals surface area contributed by atoms with Gasteiger partial charge in [0.2, 0.25) is 0 Å². The summed E-state index contributed by atoms with van der Waals surface area (Å²) >= 11 is 5.77. The van der Waals surface area contributed by atoms with E-state index in [0.717, 1.165) is 4.68 Å². The van der Waals surface area contributed by atoms with Gasteiger partial charge in [0, 0.05) is 28.6 Å². The maximum Gasteiger partial charge on any atom is 0.300 e. The Morgan fingerprint density at radius 1 is 1.31 bits per heavy atom. The molecule has 0 saturated carbocycles. The third kappa shape index (κ3) is 5.72. The van der Waals surface area contributed by atoms with Gasteiger partial charge < -0.3 is 5.32 Å². The summed E-state index contributed by atoms with van der Waals surface area (Å²) in [6.45, 7) is 5.31. The highest BCUT2D eigenvalue weighted by Gasteiger charge is 2.31. The van der Waals surface area contributed by atoms with E-state index < -0.39 is 11.6 Å². The second-order valence-corrected chi connectivity index (χ2v) is 7.81. The maximum atomic E-state index is 14.2. The highest BCUT2D eigenvalue weighted by molar-refractivity contribution is 7.17.